The standard InChI is InChI=1S/C15H23N/c1-12-7-8-15(13(2)9-12)11-16-10-14-5-3-4-6-14/h7-9,14,16H,3-6,10-11H2,1-2H3. The highest BCUT2D eigenvalue weighted by atomic mass is 14.9. The van der Waals surface area contributed by atoms with E-state index >= 15 is 0 Å². The minimum absolute atomic E-state index is 0.936. The van der Waals surface area contributed by atoms with Gasteiger partial charge in [0.05, 0.1) is 0 Å². The molecule has 0 aromatic heterocycles. The quantitative estimate of drug-likeness (QED) is 0.813. The van der Waals surface area contributed by atoms with Crippen LogP contribution in [0.4, 0.5) is 0 Å². The molecule has 0 radical (unpaired) electrons. The van der Waals surface area contributed by atoms with Crippen molar-refractivity contribution in [3.05, 3.63) is 34.9 Å². The molecule has 0 atom stereocenters. The number of benzene rings is 1. The van der Waals surface area contributed by atoms with Gasteiger partial charge in [-0.05, 0) is 50.3 Å². The summed E-state index contributed by atoms with van der Waals surface area (Å²) in [7, 11) is 0. The molecule has 0 unspecified atom stereocenters. The summed E-state index contributed by atoms with van der Waals surface area (Å²) in [5, 5.41) is 3.60. The van der Waals surface area contributed by atoms with E-state index in [0.29, 0.717) is 0 Å². The Morgan fingerprint density at radius 3 is 2.62 bits per heavy atom. The summed E-state index contributed by atoms with van der Waals surface area (Å²) in [4.78, 5) is 0. The van der Waals surface area contributed by atoms with Crippen LogP contribution in [0.15, 0.2) is 18.2 Å². The van der Waals surface area contributed by atoms with E-state index in [9.17, 15) is 0 Å². The van der Waals surface area contributed by atoms with E-state index in [1.165, 1.54) is 48.9 Å². The highest BCUT2D eigenvalue weighted by Gasteiger charge is 2.13. The summed E-state index contributed by atoms with van der Waals surface area (Å²) in [5.74, 6) is 0.936. The molecule has 1 aliphatic carbocycles. The summed E-state index contributed by atoms with van der Waals surface area (Å²) in [6, 6.07) is 6.73. The zero-order valence-corrected chi connectivity index (χ0v) is 10.6. The van der Waals surface area contributed by atoms with Crippen molar-refractivity contribution in [3.8, 4) is 0 Å². The van der Waals surface area contributed by atoms with Gasteiger partial charge in [0.15, 0.2) is 0 Å². The lowest BCUT2D eigenvalue weighted by molar-refractivity contribution is 0.489. The summed E-state index contributed by atoms with van der Waals surface area (Å²) in [5.41, 5.74) is 4.22. The molecular formula is C15H23N. The Balaban J connectivity index is 1.80. The molecule has 16 heavy (non-hydrogen) atoms. The molecule has 0 aliphatic heterocycles. The first kappa shape index (κ1) is 11.7. The average molecular weight is 217 g/mol. The lowest BCUT2D eigenvalue weighted by atomic mass is 10.1. The minimum atomic E-state index is 0.936. The molecule has 1 aromatic carbocycles. The van der Waals surface area contributed by atoms with Crippen molar-refractivity contribution in [2.24, 2.45) is 5.92 Å². The van der Waals surface area contributed by atoms with Gasteiger partial charge in [0.2, 0.25) is 0 Å². The maximum absolute atomic E-state index is 3.60. The largest absolute Gasteiger partial charge is 0.312 e. The van der Waals surface area contributed by atoms with Crippen LogP contribution in [-0.4, -0.2) is 6.54 Å². The van der Waals surface area contributed by atoms with Crippen molar-refractivity contribution in [2.75, 3.05) is 6.54 Å². The van der Waals surface area contributed by atoms with Gasteiger partial charge in [-0.1, -0.05) is 36.6 Å². The monoisotopic (exact) mass is 217 g/mol. The zero-order chi connectivity index (χ0) is 11.4. The number of nitrogens with one attached hydrogen (secondary N) is 1. The molecule has 1 heteroatoms. The molecule has 2 rings (SSSR count). The van der Waals surface area contributed by atoms with Crippen molar-refractivity contribution in [3.63, 3.8) is 0 Å². The lowest BCUT2D eigenvalue weighted by Crippen LogP contribution is -2.21. The van der Waals surface area contributed by atoms with E-state index in [0.717, 1.165) is 12.5 Å². The summed E-state index contributed by atoms with van der Waals surface area (Å²) in [6.45, 7) is 6.60. The van der Waals surface area contributed by atoms with Gasteiger partial charge in [0.25, 0.3) is 0 Å². The van der Waals surface area contributed by atoms with E-state index in [4.69, 9.17) is 0 Å². The van der Waals surface area contributed by atoms with Crippen LogP contribution < -0.4 is 5.32 Å². The number of hydrogen-bond acceptors (Lipinski definition) is 1. The van der Waals surface area contributed by atoms with Crippen LogP contribution in [0.2, 0.25) is 0 Å². The average Bonchev–Trinajstić information content (AvgIpc) is 2.74. The van der Waals surface area contributed by atoms with Gasteiger partial charge in [0.1, 0.15) is 0 Å². The smallest absolute Gasteiger partial charge is 0.0208 e. The number of hydrogen-bond donors (Lipinski definition) is 1. The summed E-state index contributed by atoms with van der Waals surface area (Å²) < 4.78 is 0. The van der Waals surface area contributed by atoms with Gasteiger partial charge in [-0.15, -0.1) is 0 Å². The van der Waals surface area contributed by atoms with Crippen molar-refractivity contribution in [1.82, 2.24) is 5.32 Å². The Kier molecular flexibility index (Phi) is 4.00. The Labute approximate surface area is 99.3 Å². The first-order chi connectivity index (χ1) is 7.75. The highest BCUT2D eigenvalue weighted by Crippen LogP contribution is 2.23. The third-order valence-corrected chi connectivity index (χ3v) is 3.72. The molecule has 1 nitrogen and oxygen atoms in total. The molecule has 0 spiro atoms. The van der Waals surface area contributed by atoms with Crippen molar-refractivity contribution in [2.45, 2.75) is 46.1 Å². The van der Waals surface area contributed by atoms with Crippen LogP contribution in [0.3, 0.4) is 0 Å². The molecule has 1 aromatic rings. The lowest BCUT2D eigenvalue weighted by Gasteiger charge is -2.12. The predicted octanol–water partition coefficient (Wildman–Crippen LogP) is 3.58. The third-order valence-electron chi connectivity index (χ3n) is 3.72. The van der Waals surface area contributed by atoms with Crippen LogP contribution >= 0.6 is 0 Å². The highest BCUT2D eigenvalue weighted by molar-refractivity contribution is 5.30. The fourth-order valence-electron chi connectivity index (χ4n) is 2.67. The van der Waals surface area contributed by atoms with Gasteiger partial charge >= 0.3 is 0 Å². The van der Waals surface area contributed by atoms with E-state index in [-0.39, 0.29) is 0 Å². The topological polar surface area (TPSA) is 12.0 Å². The van der Waals surface area contributed by atoms with Crippen molar-refractivity contribution < 1.29 is 0 Å². The Bertz CT molecular complexity index is 337. The Morgan fingerprint density at radius 1 is 1.19 bits per heavy atom. The minimum Gasteiger partial charge on any atom is -0.312 e. The number of aryl methyl sites for hydroxylation is 2. The fourth-order valence-corrected chi connectivity index (χ4v) is 2.67. The van der Waals surface area contributed by atoms with E-state index in [2.05, 4.69) is 37.4 Å². The van der Waals surface area contributed by atoms with Gasteiger partial charge < -0.3 is 5.32 Å². The second-order valence-corrected chi connectivity index (χ2v) is 5.21. The maximum atomic E-state index is 3.60. The Hall–Kier alpha value is -0.820. The molecule has 0 heterocycles. The fraction of sp³-hybridized carbons (Fsp3) is 0.600. The second kappa shape index (κ2) is 5.49. The second-order valence-electron chi connectivity index (χ2n) is 5.21. The van der Waals surface area contributed by atoms with Crippen LogP contribution in [0.1, 0.15) is 42.4 Å². The molecule has 1 saturated carbocycles. The molecule has 0 bridgehead atoms. The maximum Gasteiger partial charge on any atom is 0.0208 e. The molecule has 1 N–H and O–H groups in total. The van der Waals surface area contributed by atoms with Gasteiger partial charge in [0, 0.05) is 6.54 Å². The van der Waals surface area contributed by atoms with Crippen molar-refractivity contribution in [1.29, 1.82) is 0 Å². The SMILES string of the molecule is Cc1ccc(CNCC2CCCC2)c(C)c1. The molecule has 88 valence electrons. The predicted molar refractivity (Wildman–Crippen MR) is 69.6 cm³/mol. The molecule has 1 aliphatic rings. The van der Waals surface area contributed by atoms with Gasteiger partial charge in [-0.2, -0.15) is 0 Å². The van der Waals surface area contributed by atoms with E-state index in [1.807, 2.05) is 0 Å². The van der Waals surface area contributed by atoms with Crippen LogP contribution in [0.25, 0.3) is 0 Å². The molecule has 0 saturated heterocycles. The van der Waals surface area contributed by atoms with Crippen molar-refractivity contribution >= 4 is 0 Å². The zero-order valence-electron chi connectivity index (χ0n) is 10.6. The summed E-state index contributed by atoms with van der Waals surface area (Å²) in [6.07, 6.45) is 5.74. The van der Waals surface area contributed by atoms with Crippen LogP contribution in [0, 0.1) is 19.8 Å². The molecule has 1 fully saturated rings. The van der Waals surface area contributed by atoms with Gasteiger partial charge in [-0.3, -0.25) is 0 Å². The molecular weight excluding hydrogens is 194 g/mol. The summed E-state index contributed by atoms with van der Waals surface area (Å²) >= 11 is 0. The van der Waals surface area contributed by atoms with E-state index < -0.39 is 0 Å². The normalized spacial score (nSPS) is 16.9. The molecule has 0 amide bonds. The third kappa shape index (κ3) is 3.08. The van der Waals surface area contributed by atoms with Crippen LogP contribution in [0.5, 0.6) is 0 Å². The Morgan fingerprint density at radius 2 is 1.94 bits per heavy atom. The number of rotatable bonds is 4. The van der Waals surface area contributed by atoms with Crippen LogP contribution in [-0.2, 0) is 6.54 Å². The van der Waals surface area contributed by atoms with E-state index in [1.54, 1.807) is 0 Å². The first-order valence-electron chi connectivity index (χ1n) is 6.52. The van der Waals surface area contributed by atoms with Gasteiger partial charge in [-0.25, -0.2) is 0 Å². The first-order valence-corrected chi connectivity index (χ1v) is 6.52.